The van der Waals surface area contributed by atoms with E-state index in [1.165, 1.54) is 22.7 Å². The number of carboxylic acids is 1. The van der Waals surface area contributed by atoms with Crippen molar-refractivity contribution in [2.45, 2.75) is 32.5 Å². The van der Waals surface area contributed by atoms with Gasteiger partial charge in [-0.25, -0.2) is 21.9 Å². The van der Waals surface area contributed by atoms with Crippen LogP contribution in [0.25, 0.3) is 0 Å². The maximum Gasteiger partial charge on any atom is 0.490 e. The number of sulfonamides is 1. The zero-order valence-electron chi connectivity index (χ0n) is 18.8. The van der Waals surface area contributed by atoms with E-state index in [1.807, 2.05) is 0 Å². The number of ether oxygens (including phenoxy) is 1. The fourth-order valence-corrected chi connectivity index (χ4v) is 5.23. The second kappa shape index (κ2) is 11.0. The van der Waals surface area contributed by atoms with Crippen LogP contribution in [0.15, 0.2) is 24.3 Å². The van der Waals surface area contributed by atoms with Gasteiger partial charge < -0.3 is 9.84 Å². The van der Waals surface area contributed by atoms with E-state index < -0.39 is 27.6 Å². The van der Waals surface area contributed by atoms with Gasteiger partial charge >= 0.3 is 18.1 Å². The molecule has 34 heavy (non-hydrogen) atoms. The second-order valence-corrected chi connectivity index (χ2v) is 10.4. The molecule has 0 unspecified atom stereocenters. The average molecular weight is 513 g/mol. The number of carbonyl (C=O) groups is 2. The monoisotopic (exact) mass is 512 g/mol. The van der Waals surface area contributed by atoms with Crippen molar-refractivity contribution in [3.8, 4) is 0 Å². The Labute approximate surface area is 195 Å². The summed E-state index contributed by atoms with van der Waals surface area (Å²) < 4.78 is 75.9. The van der Waals surface area contributed by atoms with Gasteiger partial charge in [-0.2, -0.15) is 13.2 Å². The number of fused-ring (bicyclic) bond motifs is 1. The number of hydrogen-bond acceptors (Lipinski definition) is 6. The van der Waals surface area contributed by atoms with Crippen LogP contribution in [-0.4, -0.2) is 79.9 Å². The first kappa shape index (κ1) is 28.0. The topological polar surface area (TPSA) is 104 Å². The lowest BCUT2D eigenvalue weighted by Crippen LogP contribution is -2.42. The van der Waals surface area contributed by atoms with Gasteiger partial charge in [0.1, 0.15) is 5.82 Å². The van der Waals surface area contributed by atoms with E-state index in [0.717, 1.165) is 18.5 Å². The van der Waals surface area contributed by atoms with E-state index in [-0.39, 0.29) is 30.9 Å². The Hall–Kier alpha value is -2.25. The highest BCUT2D eigenvalue weighted by Gasteiger charge is 2.55. The SMILES string of the molecule is CCOC(=O)[C@]12CCCN(Cc3ccc(F)cc3)C[C@H]1CN(S(C)(=O)=O)C2.O=C(O)C(F)(F)F. The molecule has 8 nitrogen and oxygen atoms in total. The first-order valence-electron chi connectivity index (χ1n) is 10.6. The second-order valence-electron chi connectivity index (χ2n) is 8.40. The zero-order chi connectivity index (χ0) is 25.7. The molecular formula is C21H28F4N2O6S. The Morgan fingerprint density at radius 1 is 1.21 bits per heavy atom. The summed E-state index contributed by atoms with van der Waals surface area (Å²) in [5.41, 5.74) is 0.217. The van der Waals surface area contributed by atoms with Crippen LogP contribution >= 0.6 is 0 Å². The van der Waals surface area contributed by atoms with Gasteiger partial charge in [0.05, 0.1) is 18.3 Å². The van der Waals surface area contributed by atoms with Gasteiger partial charge in [0.2, 0.25) is 10.0 Å². The minimum Gasteiger partial charge on any atom is -0.475 e. The molecule has 0 amide bonds. The van der Waals surface area contributed by atoms with Gasteiger partial charge in [0.15, 0.2) is 0 Å². The molecule has 2 atom stereocenters. The molecule has 2 aliphatic rings. The van der Waals surface area contributed by atoms with Crippen LogP contribution in [0.3, 0.4) is 0 Å². The van der Waals surface area contributed by atoms with E-state index in [2.05, 4.69) is 4.90 Å². The summed E-state index contributed by atoms with van der Waals surface area (Å²) in [6.45, 7) is 4.65. The molecule has 2 fully saturated rings. The molecule has 3 rings (SSSR count). The highest BCUT2D eigenvalue weighted by atomic mass is 32.2. The fourth-order valence-electron chi connectivity index (χ4n) is 4.32. The number of benzene rings is 1. The lowest BCUT2D eigenvalue weighted by Gasteiger charge is -2.31. The molecule has 0 aromatic heterocycles. The average Bonchev–Trinajstić information content (AvgIpc) is 3.01. The van der Waals surface area contributed by atoms with E-state index in [0.29, 0.717) is 26.1 Å². The molecule has 2 saturated heterocycles. The van der Waals surface area contributed by atoms with Crippen molar-refractivity contribution in [3.63, 3.8) is 0 Å². The van der Waals surface area contributed by atoms with E-state index >= 15 is 0 Å². The van der Waals surface area contributed by atoms with Crippen LogP contribution in [0.1, 0.15) is 25.3 Å². The number of nitrogens with zero attached hydrogens (tertiary/aromatic N) is 2. The third-order valence-electron chi connectivity index (χ3n) is 5.95. The lowest BCUT2D eigenvalue weighted by molar-refractivity contribution is -0.192. The van der Waals surface area contributed by atoms with Crippen molar-refractivity contribution < 1.29 is 45.4 Å². The van der Waals surface area contributed by atoms with Gasteiger partial charge in [-0.15, -0.1) is 0 Å². The Balaban J connectivity index is 0.000000509. The van der Waals surface area contributed by atoms with Crippen LogP contribution in [0.5, 0.6) is 0 Å². The van der Waals surface area contributed by atoms with Crippen LogP contribution in [0.4, 0.5) is 17.6 Å². The first-order chi connectivity index (χ1) is 15.7. The summed E-state index contributed by atoms with van der Waals surface area (Å²) in [4.78, 5) is 23.9. The molecule has 0 spiro atoms. The normalized spacial score (nSPS) is 23.9. The molecule has 13 heteroatoms. The highest BCUT2D eigenvalue weighted by molar-refractivity contribution is 7.88. The highest BCUT2D eigenvalue weighted by Crippen LogP contribution is 2.44. The Morgan fingerprint density at radius 2 is 1.79 bits per heavy atom. The standard InChI is InChI=1S/C19H27FN2O4S.C2HF3O2/c1-3-26-18(23)19-9-4-10-21(11-15-5-7-17(20)8-6-15)12-16(19)13-22(14-19)27(2,24)25;3-2(4,5)1(6)7/h5-8,16H,3-4,9-14H2,1-2H3;(H,6,7)/t16-,19-;/m0./s1. The molecule has 192 valence electrons. The molecule has 0 saturated carbocycles. The van der Waals surface area contributed by atoms with Gasteiger partial charge in [-0.3, -0.25) is 9.69 Å². The van der Waals surface area contributed by atoms with Crippen LogP contribution in [0.2, 0.25) is 0 Å². The predicted molar refractivity (Wildman–Crippen MR) is 114 cm³/mol. The quantitative estimate of drug-likeness (QED) is 0.478. The molecule has 0 aliphatic carbocycles. The number of esters is 1. The number of carbonyl (C=O) groups excluding carboxylic acids is 1. The number of likely N-dealkylation sites (tertiary alicyclic amines) is 1. The third kappa shape index (κ3) is 7.12. The number of carboxylic acid groups (broad SMARTS) is 1. The van der Waals surface area contributed by atoms with Crippen molar-refractivity contribution in [1.29, 1.82) is 0 Å². The van der Waals surface area contributed by atoms with E-state index in [4.69, 9.17) is 14.6 Å². The molecule has 1 aromatic carbocycles. The zero-order valence-corrected chi connectivity index (χ0v) is 19.7. The minimum atomic E-state index is -5.08. The number of hydrogen-bond donors (Lipinski definition) is 1. The van der Waals surface area contributed by atoms with Crippen molar-refractivity contribution in [2.75, 3.05) is 39.0 Å². The molecule has 0 radical (unpaired) electrons. The maximum absolute atomic E-state index is 13.1. The molecule has 0 bridgehead atoms. The van der Waals surface area contributed by atoms with Crippen molar-refractivity contribution in [2.24, 2.45) is 11.3 Å². The summed E-state index contributed by atoms with van der Waals surface area (Å²) in [5.74, 6) is -3.43. The van der Waals surface area contributed by atoms with Gasteiger partial charge in [-0.1, -0.05) is 12.1 Å². The maximum atomic E-state index is 13.1. The molecule has 2 heterocycles. The predicted octanol–water partition coefficient (Wildman–Crippen LogP) is 2.50. The number of halogens is 4. The number of aliphatic carboxylic acids is 1. The smallest absolute Gasteiger partial charge is 0.475 e. The Bertz CT molecular complexity index is 970. The van der Waals surface area contributed by atoms with E-state index in [9.17, 15) is 30.8 Å². The first-order valence-corrected chi connectivity index (χ1v) is 12.4. The summed E-state index contributed by atoms with van der Waals surface area (Å²) >= 11 is 0. The van der Waals surface area contributed by atoms with Crippen molar-refractivity contribution >= 4 is 22.0 Å². The molecule has 2 aliphatic heterocycles. The Morgan fingerprint density at radius 3 is 2.29 bits per heavy atom. The van der Waals surface area contributed by atoms with Crippen LogP contribution < -0.4 is 0 Å². The van der Waals surface area contributed by atoms with E-state index in [1.54, 1.807) is 19.1 Å². The van der Waals surface area contributed by atoms with Crippen molar-refractivity contribution in [3.05, 3.63) is 35.6 Å². The van der Waals surface area contributed by atoms with Gasteiger partial charge in [-0.05, 0) is 44.0 Å². The summed E-state index contributed by atoms with van der Waals surface area (Å²) in [7, 11) is -3.38. The summed E-state index contributed by atoms with van der Waals surface area (Å²) in [6, 6.07) is 6.40. The number of rotatable bonds is 5. The summed E-state index contributed by atoms with van der Waals surface area (Å²) in [5, 5.41) is 7.12. The van der Waals surface area contributed by atoms with Gasteiger partial charge in [0.25, 0.3) is 0 Å². The molecular weight excluding hydrogens is 484 g/mol. The van der Waals surface area contributed by atoms with Crippen molar-refractivity contribution in [1.82, 2.24) is 9.21 Å². The van der Waals surface area contributed by atoms with Crippen LogP contribution in [0, 0.1) is 17.2 Å². The minimum absolute atomic E-state index is 0.116. The largest absolute Gasteiger partial charge is 0.490 e. The Kier molecular flexibility index (Phi) is 9.05. The molecule has 1 aromatic rings. The fraction of sp³-hybridized carbons (Fsp3) is 0.619. The lowest BCUT2D eigenvalue weighted by atomic mass is 9.75. The summed E-state index contributed by atoms with van der Waals surface area (Å²) in [6.07, 6.45) is -2.50. The van der Waals surface area contributed by atoms with Gasteiger partial charge in [0, 0.05) is 32.1 Å². The number of alkyl halides is 3. The third-order valence-corrected chi connectivity index (χ3v) is 7.17. The molecule has 1 N–H and O–H groups in total. The van der Waals surface area contributed by atoms with Crippen LogP contribution in [-0.2, 0) is 30.9 Å².